The van der Waals surface area contributed by atoms with Gasteiger partial charge < -0.3 is 9.52 Å². The fourth-order valence-corrected chi connectivity index (χ4v) is 3.96. The molecule has 0 amide bonds. The van der Waals surface area contributed by atoms with Gasteiger partial charge in [0.1, 0.15) is 17.1 Å². The highest BCUT2D eigenvalue weighted by Gasteiger charge is 2.21. The second kappa shape index (κ2) is 6.03. The standard InChI is InChI=1S/C23H19NO2/c25-20-12-13-22-23(17-9-3-4-11-21(17)26-22)18(20)14-24-19-10-5-7-15-6-1-2-8-16(15)19/h1-2,5-8,10,12-14,25H,3-4,9,11H2. The van der Waals surface area contributed by atoms with Crippen LogP contribution in [0.15, 0.2) is 64.0 Å². The molecule has 1 aromatic heterocycles. The minimum atomic E-state index is 0.246. The second-order valence-electron chi connectivity index (χ2n) is 6.84. The number of benzene rings is 3. The topological polar surface area (TPSA) is 45.7 Å². The summed E-state index contributed by atoms with van der Waals surface area (Å²) in [5.41, 5.74) is 3.73. The SMILES string of the molecule is Oc1ccc2oc3c(c2c1C=Nc1cccc2ccccc12)CCCC3. The van der Waals surface area contributed by atoms with Crippen molar-refractivity contribution in [3.8, 4) is 5.75 Å². The molecule has 1 heterocycles. The Balaban J connectivity index is 1.68. The predicted octanol–water partition coefficient (Wildman–Crippen LogP) is 5.92. The highest BCUT2D eigenvalue weighted by Crippen LogP contribution is 2.37. The summed E-state index contributed by atoms with van der Waals surface area (Å²) in [5, 5.41) is 13.8. The zero-order valence-electron chi connectivity index (χ0n) is 14.4. The third-order valence-electron chi connectivity index (χ3n) is 5.24. The molecule has 0 atom stereocenters. The van der Waals surface area contributed by atoms with Gasteiger partial charge in [-0.25, -0.2) is 0 Å². The lowest BCUT2D eigenvalue weighted by molar-refractivity contribution is 0.474. The zero-order chi connectivity index (χ0) is 17.5. The Morgan fingerprint density at radius 3 is 2.73 bits per heavy atom. The van der Waals surface area contributed by atoms with Gasteiger partial charge in [0, 0.05) is 34.5 Å². The number of fused-ring (bicyclic) bond motifs is 4. The predicted molar refractivity (Wildman–Crippen MR) is 106 cm³/mol. The van der Waals surface area contributed by atoms with E-state index in [0.29, 0.717) is 0 Å². The molecule has 0 fully saturated rings. The minimum Gasteiger partial charge on any atom is -0.507 e. The maximum atomic E-state index is 10.5. The van der Waals surface area contributed by atoms with Crippen molar-refractivity contribution >= 4 is 33.6 Å². The van der Waals surface area contributed by atoms with Crippen molar-refractivity contribution in [2.24, 2.45) is 4.99 Å². The first-order valence-corrected chi connectivity index (χ1v) is 9.09. The summed E-state index contributed by atoms with van der Waals surface area (Å²) < 4.78 is 6.04. The van der Waals surface area contributed by atoms with Crippen LogP contribution in [-0.2, 0) is 12.8 Å². The molecule has 0 unspecified atom stereocenters. The number of furan rings is 1. The van der Waals surface area contributed by atoms with E-state index in [1.807, 2.05) is 30.3 Å². The van der Waals surface area contributed by atoms with Gasteiger partial charge in [-0.05, 0) is 42.8 Å². The summed E-state index contributed by atoms with van der Waals surface area (Å²) in [6, 6.07) is 17.8. The summed E-state index contributed by atoms with van der Waals surface area (Å²) in [6.07, 6.45) is 6.09. The van der Waals surface area contributed by atoms with Crippen molar-refractivity contribution in [2.45, 2.75) is 25.7 Å². The molecule has 3 heteroatoms. The largest absolute Gasteiger partial charge is 0.507 e. The van der Waals surface area contributed by atoms with Gasteiger partial charge in [-0.2, -0.15) is 0 Å². The molecule has 3 nitrogen and oxygen atoms in total. The van der Waals surface area contributed by atoms with Gasteiger partial charge in [0.25, 0.3) is 0 Å². The van der Waals surface area contributed by atoms with Crippen LogP contribution in [-0.4, -0.2) is 11.3 Å². The quantitative estimate of drug-likeness (QED) is 0.460. The highest BCUT2D eigenvalue weighted by atomic mass is 16.3. The van der Waals surface area contributed by atoms with Gasteiger partial charge in [-0.15, -0.1) is 0 Å². The van der Waals surface area contributed by atoms with Crippen LogP contribution in [0.1, 0.15) is 29.7 Å². The fourth-order valence-electron chi connectivity index (χ4n) is 3.96. The van der Waals surface area contributed by atoms with Gasteiger partial charge in [0.2, 0.25) is 0 Å². The molecule has 0 radical (unpaired) electrons. The van der Waals surface area contributed by atoms with Gasteiger partial charge in [-0.1, -0.05) is 36.4 Å². The van der Waals surface area contributed by atoms with Crippen LogP contribution < -0.4 is 0 Å². The normalized spacial score (nSPS) is 14.3. The number of hydrogen-bond acceptors (Lipinski definition) is 3. The summed E-state index contributed by atoms with van der Waals surface area (Å²) in [4.78, 5) is 4.72. The molecule has 4 aromatic rings. The van der Waals surface area contributed by atoms with E-state index < -0.39 is 0 Å². The smallest absolute Gasteiger partial charge is 0.135 e. The van der Waals surface area contributed by atoms with E-state index in [0.717, 1.165) is 64.4 Å². The van der Waals surface area contributed by atoms with E-state index in [9.17, 15) is 5.11 Å². The molecule has 0 saturated carbocycles. The fraction of sp³-hybridized carbons (Fsp3) is 0.174. The van der Waals surface area contributed by atoms with Crippen LogP contribution in [0.3, 0.4) is 0 Å². The van der Waals surface area contributed by atoms with Crippen molar-refractivity contribution in [3.05, 3.63) is 71.5 Å². The maximum Gasteiger partial charge on any atom is 0.135 e. The van der Waals surface area contributed by atoms with E-state index in [4.69, 9.17) is 9.41 Å². The Morgan fingerprint density at radius 2 is 1.77 bits per heavy atom. The number of rotatable bonds is 2. The van der Waals surface area contributed by atoms with E-state index >= 15 is 0 Å². The molecule has 3 aromatic carbocycles. The molecular formula is C23H19NO2. The number of phenols is 1. The summed E-state index contributed by atoms with van der Waals surface area (Å²) in [6.45, 7) is 0. The first-order chi connectivity index (χ1) is 12.8. The zero-order valence-corrected chi connectivity index (χ0v) is 14.4. The van der Waals surface area contributed by atoms with Crippen molar-refractivity contribution in [2.75, 3.05) is 0 Å². The average Bonchev–Trinajstić information content (AvgIpc) is 3.06. The van der Waals surface area contributed by atoms with Crippen molar-refractivity contribution in [1.82, 2.24) is 0 Å². The molecule has 26 heavy (non-hydrogen) atoms. The third kappa shape index (κ3) is 2.39. The molecule has 5 rings (SSSR count). The molecule has 128 valence electrons. The summed E-state index contributed by atoms with van der Waals surface area (Å²) in [5.74, 6) is 1.31. The maximum absolute atomic E-state index is 10.5. The molecular weight excluding hydrogens is 322 g/mol. The molecule has 1 aliphatic rings. The lowest BCUT2D eigenvalue weighted by Gasteiger charge is -2.10. The van der Waals surface area contributed by atoms with Crippen LogP contribution in [0.25, 0.3) is 21.7 Å². The van der Waals surface area contributed by atoms with E-state index in [2.05, 4.69) is 18.2 Å². The lowest BCUT2D eigenvalue weighted by atomic mass is 9.94. The number of aryl methyl sites for hydroxylation is 2. The van der Waals surface area contributed by atoms with E-state index in [-0.39, 0.29) is 5.75 Å². The molecule has 1 aliphatic carbocycles. The second-order valence-corrected chi connectivity index (χ2v) is 6.84. The Labute approximate surface area is 151 Å². The van der Waals surface area contributed by atoms with Gasteiger partial charge in [0.05, 0.1) is 5.69 Å². The Morgan fingerprint density at radius 1 is 0.923 bits per heavy atom. The first kappa shape index (κ1) is 15.2. The van der Waals surface area contributed by atoms with Crippen LogP contribution in [0, 0.1) is 0 Å². The molecule has 0 bridgehead atoms. The van der Waals surface area contributed by atoms with E-state index in [1.165, 1.54) is 5.56 Å². The number of nitrogens with zero attached hydrogens (tertiary/aromatic N) is 1. The Hall–Kier alpha value is -3.07. The molecule has 1 N–H and O–H groups in total. The van der Waals surface area contributed by atoms with Crippen LogP contribution in [0.4, 0.5) is 5.69 Å². The third-order valence-corrected chi connectivity index (χ3v) is 5.24. The van der Waals surface area contributed by atoms with Crippen molar-refractivity contribution < 1.29 is 9.52 Å². The minimum absolute atomic E-state index is 0.246. The highest BCUT2D eigenvalue weighted by molar-refractivity contribution is 6.04. The molecule has 0 aliphatic heterocycles. The van der Waals surface area contributed by atoms with Crippen LogP contribution >= 0.6 is 0 Å². The van der Waals surface area contributed by atoms with Crippen LogP contribution in [0.5, 0.6) is 5.75 Å². The summed E-state index contributed by atoms with van der Waals surface area (Å²) in [7, 11) is 0. The van der Waals surface area contributed by atoms with Crippen LogP contribution in [0.2, 0.25) is 0 Å². The number of aromatic hydroxyl groups is 1. The van der Waals surface area contributed by atoms with Gasteiger partial charge in [-0.3, -0.25) is 4.99 Å². The Kier molecular flexibility index (Phi) is 3.52. The number of phenolic OH excluding ortho intramolecular Hbond substituents is 1. The number of hydrogen-bond donors (Lipinski definition) is 1. The molecule has 0 saturated heterocycles. The monoisotopic (exact) mass is 341 g/mol. The Bertz CT molecular complexity index is 1150. The van der Waals surface area contributed by atoms with Crippen molar-refractivity contribution in [3.63, 3.8) is 0 Å². The number of aliphatic imine (C=N–C) groups is 1. The average molecular weight is 341 g/mol. The van der Waals surface area contributed by atoms with E-state index in [1.54, 1.807) is 12.3 Å². The lowest BCUT2D eigenvalue weighted by Crippen LogP contribution is -1.99. The molecule has 0 spiro atoms. The van der Waals surface area contributed by atoms with Gasteiger partial charge in [0.15, 0.2) is 0 Å². The first-order valence-electron chi connectivity index (χ1n) is 9.09. The van der Waals surface area contributed by atoms with Crippen molar-refractivity contribution in [1.29, 1.82) is 0 Å². The summed E-state index contributed by atoms with van der Waals surface area (Å²) >= 11 is 0. The van der Waals surface area contributed by atoms with Gasteiger partial charge >= 0.3 is 0 Å².